The summed E-state index contributed by atoms with van der Waals surface area (Å²) in [4.78, 5) is 1.39. The van der Waals surface area contributed by atoms with E-state index >= 15 is 0 Å². The molecule has 86 valence electrons. The quantitative estimate of drug-likeness (QED) is 0.807. The average Bonchev–Trinajstić information content (AvgIpc) is 2.61. The maximum absolute atomic E-state index is 3.47. The molecule has 1 aromatic heterocycles. The molecule has 0 aliphatic rings. The van der Waals surface area contributed by atoms with E-state index in [0.717, 1.165) is 26.2 Å². The molecule has 0 spiro atoms. The highest BCUT2D eigenvalue weighted by molar-refractivity contribution is 9.10. The highest BCUT2D eigenvalue weighted by Crippen LogP contribution is 2.19. The smallest absolute Gasteiger partial charge is 0.0300 e. The predicted molar refractivity (Wildman–Crippen MR) is 71.4 cm³/mol. The second-order valence-electron chi connectivity index (χ2n) is 3.77. The molecule has 1 aromatic rings. The zero-order valence-corrected chi connectivity index (χ0v) is 11.7. The topological polar surface area (TPSA) is 24.1 Å². The molecule has 2 N–H and O–H groups in total. The Morgan fingerprint density at radius 3 is 2.73 bits per heavy atom. The molecule has 0 saturated carbocycles. The molecule has 0 aromatic carbocycles. The third kappa shape index (κ3) is 5.66. The van der Waals surface area contributed by atoms with Crippen molar-refractivity contribution in [3.8, 4) is 0 Å². The molecule has 0 radical (unpaired) electrons. The molecular weight excluding hydrogens is 272 g/mol. The Kier molecular flexibility index (Phi) is 6.48. The maximum Gasteiger partial charge on any atom is 0.0300 e. The van der Waals surface area contributed by atoms with Gasteiger partial charge in [0.2, 0.25) is 0 Å². The monoisotopic (exact) mass is 290 g/mol. The van der Waals surface area contributed by atoms with Gasteiger partial charge in [-0.1, -0.05) is 13.8 Å². The molecule has 2 nitrogen and oxygen atoms in total. The first-order chi connectivity index (χ1) is 7.22. The summed E-state index contributed by atoms with van der Waals surface area (Å²) in [7, 11) is 0. The number of rotatable bonds is 7. The second-order valence-corrected chi connectivity index (χ2v) is 5.69. The molecule has 15 heavy (non-hydrogen) atoms. The minimum absolute atomic E-state index is 0.688. The van der Waals surface area contributed by atoms with Crippen LogP contribution in [-0.4, -0.2) is 19.6 Å². The molecule has 0 fully saturated rings. The zero-order chi connectivity index (χ0) is 11.1. The van der Waals surface area contributed by atoms with Crippen LogP contribution < -0.4 is 10.6 Å². The van der Waals surface area contributed by atoms with Crippen LogP contribution in [0.15, 0.2) is 15.9 Å². The summed E-state index contributed by atoms with van der Waals surface area (Å²) >= 11 is 5.25. The van der Waals surface area contributed by atoms with E-state index in [1.54, 1.807) is 11.3 Å². The van der Waals surface area contributed by atoms with Crippen LogP contribution in [0.25, 0.3) is 0 Å². The van der Waals surface area contributed by atoms with Gasteiger partial charge >= 0.3 is 0 Å². The normalized spacial score (nSPS) is 13.0. The first kappa shape index (κ1) is 13.2. The molecule has 0 aliphatic carbocycles. The highest BCUT2D eigenvalue weighted by atomic mass is 79.9. The fourth-order valence-electron chi connectivity index (χ4n) is 1.35. The number of nitrogens with one attached hydrogen (secondary N) is 2. The first-order valence-electron chi connectivity index (χ1n) is 5.36. The van der Waals surface area contributed by atoms with Crippen LogP contribution in [0, 0.1) is 5.92 Å². The molecule has 0 bridgehead atoms. The Bertz CT molecular complexity index is 275. The van der Waals surface area contributed by atoms with Crippen molar-refractivity contribution in [3.05, 3.63) is 20.8 Å². The van der Waals surface area contributed by atoms with Crippen LogP contribution in [0.4, 0.5) is 0 Å². The minimum Gasteiger partial charge on any atom is -0.317 e. The van der Waals surface area contributed by atoms with Crippen molar-refractivity contribution in [1.82, 2.24) is 10.6 Å². The van der Waals surface area contributed by atoms with Crippen LogP contribution >= 0.6 is 27.3 Å². The Labute approximate surface area is 105 Å². The summed E-state index contributed by atoms with van der Waals surface area (Å²) in [5, 5.41) is 8.95. The Morgan fingerprint density at radius 1 is 1.40 bits per heavy atom. The Balaban J connectivity index is 2.10. The molecule has 1 unspecified atom stereocenters. The molecule has 0 amide bonds. The van der Waals surface area contributed by atoms with E-state index in [-0.39, 0.29) is 0 Å². The molecule has 0 saturated heterocycles. The van der Waals surface area contributed by atoms with Gasteiger partial charge in [-0.15, -0.1) is 11.3 Å². The van der Waals surface area contributed by atoms with Gasteiger partial charge in [0.1, 0.15) is 0 Å². The number of hydrogen-bond donors (Lipinski definition) is 2. The van der Waals surface area contributed by atoms with Crippen molar-refractivity contribution < 1.29 is 0 Å². The van der Waals surface area contributed by atoms with E-state index < -0.39 is 0 Å². The number of hydrogen-bond acceptors (Lipinski definition) is 3. The molecular formula is C11H19BrN2S. The van der Waals surface area contributed by atoms with Gasteiger partial charge in [0.15, 0.2) is 0 Å². The van der Waals surface area contributed by atoms with E-state index in [1.165, 1.54) is 9.35 Å². The summed E-state index contributed by atoms with van der Waals surface area (Å²) in [6, 6.07) is 2.17. The second kappa shape index (κ2) is 7.39. The maximum atomic E-state index is 3.47. The van der Waals surface area contributed by atoms with Crippen LogP contribution in [0.2, 0.25) is 0 Å². The van der Waals surface area contributed by atoms with Gasteiger partial charge in [-0.25, -0.2) is 0 Å². The van der Waals surface area contributed by atoms with Crippen molar-refractivity contribution in [2.45, 2.75) is 20.4 Å². The van der Waals surface area contributed by atoms with E-state index in [1.807, 2.05) is 0 Å². The lowest BCUT2D eigenvalue weighted by atomic mass is 10.2. The van der Waals surface area contributed by atoms with Gasteiger partial charge in [-0.2, -0.15) is 0 Å². The molecule has 1 rings (SSSR count). The standard InChI is InChI=1S/C11H19BrN2S/c1-3-13-5-9(2)6-14-7-11-4-10(12)8-15-11/h4,8-9,13-14H,3,5-7H2,1-2H3. The van der Waals surface area contributed by atoms with Crippen molar-refractivity contribution in [1.29, 1.82) is 0 Å². The van der Waals surface area contributed by atoms with Crippen molar-refractivity contribution >= 4 is 27.3 Å². The molecule has 4 heteroatoms. The van der Waals surface area contributed by atoms with Crippen molar-refractivity contribution in [2.75, 3.05) is 19.6 Å². The van der Waals surface area contributed by atoms with E-state index in [4.69, 9.17) is 0 Å². The third-order valence-electron chi connectivity index (χ3n) is 2.16. The largest absolute Gasteiger partial charge is 0.317 e. The van der Waals surface area contributed by atoms with Gasteiger partial charge in [0.05, 0.1) is 0 Å². The first-order valence-corrected chi connectivity index (χ1v) is 7.04. The Hall–Kier alpha value is 0.1000. The summed E-state index contributed by atoms with van der Waals surface area (Å²) in [6.45, 7) is 8.61. The van der Waals surface area contributed by atoms with E-state index in [0.29, 0.717) is 5.92 Å². The summed E-state index contributed by atoms with van der Waals surface area (Å²) in [6.07, 6.45) is 0. The van der Waals surface area contributed by atoms with Gasteiger partial charge < -0.3 is 10.6 Å². The Morgan fingerprint density at radius 2 is 2.13 bits per heavy atom. The van der Waals surface area contributed by atoms with Crippen LogP contribution in [0.3, 0.4) is 0 Å². The SMILES string of the molecule is CCNCC(C)CNCc1cc(Br)cs1. The number of halogens is 1. The van der Waals surface area contributed by atoms with Crippen LogP contribution in [0.1, 0.15) is 18.7 Å². The van der Waals surface area contributed by atoms with Gasteiger partial charge in [-0.3, -0.25) is 0 Å². The van der Waals surface area contributed by atoms with E-state index in [2.05, 4.69) is 51.9 Å². The van der Waals surface area contributed by atoms with Crippen LogP contribution in [-0.2, 0) is 6.54 Å². The van der Waals surface area contributed by atoms with E-state index in [9.17, 15) is 0 Å². The highest BCUT2D eigenvalue weighted by Gasteiger charge is 2.01. The minimum atomic E-state index is 0.688. The average molecular weight is 291 g/mol. The van der Waals surface area contributed by atoms with Gasteiger partial charge in [0.25, 0.3) is 0 Å². The molecule has 1 heterocycles. The predicted octanol–water partition coefficient (Wildman–Crippen LogP) is 2.85. The molecule has 1 atom stereocenters. The third-order valence-corrected chi connectivity index (χ3v) is 3.85. The van der Waals surface area contributed by atoms with Gasteiger partial charge in [0, 0.05) is 21.3 Å². The number of thiophene rings is 1. The van der Waals surface area contributed by atoms with Crippen molar-refractivity contribution in [3.63, 3.8) is 0 Å². The lowest BCUT2D eigenvalue weighted by molar-refractivity contribution is 0.480. The fraction of sp³-hybridized carbons (Fsp3) is 0.636. The molecule has 0 aliphatic heterocycles. The van der Waals surface area contributed by atoms with Crippen molar-refractivity contribution in [2.24, 2.45) is 5.92 Å². The van der Waals surface area contributed by atoms with Gasteiger partial charge in [-0.05, 0) is 47.5 Å². The summed E-state index contributed by atoms with van der Waals surface area (Å²) in [5.41, 5.74) is 0. The lowest BCUT2D eigenvalue weighted by Gasteiger charge is -2.12. The summed E-state index contributed by atoms with van der Waals surface area (Å²) in [5.74, 6) is 0.688. The summed E-state index contributed by atoms with van der Waals surface area (Å²) < 4.78 is 1.19. The fourth-order valence-corrected chi connectivity index (χ4v) is 2.77. The van der Waals surface area contributed by atoms with Crippen LogP contribution in [0.5, 0.6) is 0 Å². The zero-order valence-electron chi connectivity index (χ0n) is 9.35. The lowest BCUT2D eigenvalue weighted by Crippen LogP contribution is -2.29.